The van der Waals surface area contributed by atoms with Crippen LogP contribution in [0.3, 0.4) is 0 Å². The van der Waals surface area contributed by atoms with Crippen molar-refractivity contribution in [3.05, 3.63) is 86.7 Å². The summed E-state index contributed by atoms with van der Waals surface area (Å²) in [6.07, 6.45) is 0.688. The molecule has 0 atom stereocenters. The Labute approximate surface area is 171 Å². The van der Waals surface area contributed by atoms with Crippen molar-refractivity contribution in [1.82, 2.24) is 23.5 Å². The molecule has 5 rings (SSSR count). The number of aromatic nitrogens is 5. The first-order valence-electron chi connectivity index (χ1n) is 9.88. The molecule has 3 heterocycles. The van der Waals surface area contributed by atoms with Gasteiger partial charge in [0, 0.05) is 18.3 Å². The molecule has 1 N–H and O–H groups in total. The summed E-state index contributed by atoms with van der Waals surface area (Å²) >= 11 is 0. The van der Waals surface area contributed by atoms with E-state index in [9.17, 15) is 9.59 Å². The fourth-order valence-corrected chi connectivity index (χ4v) is 4.07. The molecular formula is C23H21N5O2. The predicted molar refractivity (Wildman–Crippen MR) is 117 cm³/mol. The van der Waals surface area contributed by atoms with Crippen molar-refractivity contribution in [2.45, 2.75) is 20.3 Å². The van der Waals surface area contributed by atoms with Crippen LogP contribution < -0.4 is 11.2 Å². The van der Waals surface area contributed by atoms with Crippen LogP contribution in [0.2, 0.25) is 0 Å². The molecule has 0 radical (unpaired) electrons. The lowest BCUT2D eigenvalue weighted by Crippen LogP contribution is -2.28. The van der Waals surface area contributed by atoms with E-state index in [0.29, 0.717) is 23.4 Å². The highest BCUT2D eigenvalue weighted by Crippen LogP contribution is 2.33. The van der Waals surface area contributed by atoms with Gasteiger partial charge in [-0.15, -0.1) is 0 Å². The van der Waals surface area contributed by atoms with E-state index < -0.39 is 11.2 Å². The lowest BCUT2D eigenvalue weighted by Gasteiger charge is -2.11. The van der Waals surface area contributed by atoms with E-state index in [4.69, 9.17) is 4.98 Å². The topological polar surface area (TPSA) is 77.1 Å². The zero-order chi connectivity index (χ0) is 21.0. The number of benzene rings is 2. The molecule has 30 heavy (non-hydrogen) atoms. The molecule has 0 bridgehead atoms. The zero-order valence-electron chi connectivity index (χ0n) is 17.0. The first kappa shape index (κ1) is 18.2. The number of fused-ring (bicyclic) bond motifs is 3. The summed E-state index contributed by atoms with van der Waals surface area (Å²) < 4.78 is 5.33. The van der Waals surface area contributed by atoms with Crippen LogP contribution in [-0.2, 0) is 13.5 Å². The third-order valence-electron chi connectivity index (χ3n) is 5.54. The Morgan fingerprint density at radius 1 is 1.00 bits per heavy atom. The molecule has 0 saturated carbocycles. The lowest BCUT2D eigenvalue weighted by molar-refractivity contribution is 0.830. The first-order valence-corrected chi connectivity index (χ1v) is 9.88. The summed E-state index contributed by atoms with van der Waals surface area (Å²) in [5.74, 6) is 0.608. The van der Waals surface area contributed by atoms with E-state index in [1.54, 1.807) is 7.05 Å². The Bertz CT molecular complexity index is 1520. The molecule has 0 unspecified atom stereocenters. The lowest BCUT2D eigenvalue weighted by atomic mass is 10.1. The Hall–Kier alpha value is -3.87. The predicted octanol–water partition coefficient (Wildman–Crippen LogP) is 3.20. The van der Waals surface area contributed by atoms with Gasteiger partial charge >= 0.3 is 5.69 Å². The average molecular weight is 399 g/mol. The summed E-state index contributed by atoms with van der Waals surface area (Å²) in [5, 5.41) is 0. The molecular weight excluding hydrogens is 378 g/mol. The Balaban J connectivity index is 2.04. The minimum absolute atomic E-state index is 0.369. The summed E-state index contributed by atoms with van der Waals surface area (Å²) in [7, 11) is 1.62. The van der Waals surface area contributed by atoms with Gasteiger partial charge in [-0.1, -0.05) is 55.0 Å². The highest BCUT2D eigenvalue weighted by molar-refractivity contribution is 5.81. The van der Waals surface area contributed by atoms with Crippen molar-refractivity contribution in [3.8, 4) is 16.9 Å². The minimum Gasteiger partial charge on any atom is -0.279 e. The molecule has 0 amide bonds. The number of aromatic amines is 1. The molecule has 0 aliphatic heterocycles. The van der Waals surface area contributed by atoms with Crippen molar-refractivity contribution < 1.29 is 0 Å². The van der Waals surface area contributed by atoms with Crippen LogP contribution in [0.5, 0.6) is 0 Å². The molecule has 3 aromatic heterocycles. The third-order valence-corrected chi connectivity index (χ3v) is 5.54. The van der Waals surface area contributed by atoms with Gasteiger partial charge in [0.15, 0.2) is 11.2 Å². The Kier molecular flexibility index (Phi) is 3.99. The standard InChI is InChI=1S/C23H21N5O2/c1-4-17-18(15-8-6-5-7-9-15)27(16-12-10-14(2)11-13-16)22-24-20-19(28(17)22)21(29)25-23(30)26(20)3/h5-13H,4H2,1-3H3,(H,25,29,30). The van der Waals surface area contributed by atoms with E-state index in [1.165, 1.54) is 4.57 Å². The number of hydrogen-bond acceptors (Lipinski definition) is 3. The molecule has 0 spiro atoms. The highest BCUT2D eigenvalue weighted by Gasteiger charge is 2.25. The van der Waals surface area contributed by atoms with Gasteiger partial charge in [0.05, 0.1) is 11.4 Å². The number of rotatable bonds is 3. The van der Waals surface area contributed by atoms with Crippen molar-refractivity contribution >= 4 is 16.9 Å². The molecule has 150 valence electrons. The Morgan fingerprint density at radius 2 is 1.70 bits per heavy atom. The molecule has 0 aliphatic carbocycles. The number of H-pyrrole nitrogens is 1. The monoisotopic (exact) mass is 399 g/mol. The number of imidazole rings is 2. The number of nitrogens with one attached hydrogen (secondary N) is 1. The van der Waals surface area contributed by atoms with Gasteiger partial charge in [-0.2, -0.15) is 4.98 Å². The number of hydrogen-bond donors (Lipinski definition) is 1. The van der Waals surface area contributed by atoms with Gasteiger partial charge in [-0.3, -0.25) is 23.3 Å². The van der Waals surface area contributed by atoms with Crippen molar-refractivity contribution in [3.63, 3.8) is 0 Å². The molecule has 0 fully saturated rings. The van der Waals surface area contributed by atoms with Crippen LogP contribution in [-0.4, -0.2) is 23.5 Å². The van der Waals surface area contributed by atoms with Crippen molar-refractivity contribution in [1.29, 1.82) is 0 Å². The van der Waals surface area contributed by atoms with E-state index in [2.05, 4.69) is 40.7 Å². The fraction of sp³-hybridized carbons (Fsp3) is 0.174. The SMILES string of the molecule is CCc1c(-c2ccccc2)n(-c2ccc(C)cc2)c2nc3c(c(=O)[nH]c(=O)n3C)n12. The second kappa shape index (κ2) is 6.59. The van der Waals surface area contributed by atoms with Crippen molar-refractivity contribution in [2.75, 3.05) is 0 Å². The van der Waals surface area contributed by atoms with Gasteiger partial charge in [-0.05, 0) is 25.5 Å². The van der Waals surface area contributed by atoms with Gasteiger partial charge in [-0.25, -0.2) is 4.79 Å². The second-order valence-corrected chi connectivity index (χ2v) is 7.42. The first-order chi connectivity index (χ1) is 14.5. The number of aryl methyl sites for hydroxylation is 3. The van der Waals surface area contributed by atoms with E-state index in [0.717, 1.165) is 28.2 Å². The van der Waals surface area contributed by atoms with Crippen LogP contribution in [0.4, 0.5) is 0 Å². The summed E-state index contributed by atoms with van der Waals surface area (Å²) in [4.78, 5) is 32.1. The smallest absolute Gasteiger partial charge is 0.279 e. The zero-order valence-corrected chi connectivity index (χ0v) is 17.0. The van der Waals surface area contributed by atoms with Gasteiger partial charge in [0.1, 0.15) is 0 Å². The van der Waals surface area contributed by atoms with Crippen LogP contribution in [0.1, 0.15) is 18.2 Å². The summed E-state index contributed by atoms with van der Waals surface area (Å²) in [6.45, 7) is 4.10. The Morgan fingerprint density at radius 3 is 2.37 bits per heavy atom. The van der Waals surface area contributed by atoms with Gasteiger partial charge < -0.3 is 0 Å². The fourth-order valence-electron chi connectivity index (χ4n) is 4.07. The average Bonchev–Trinajstić information content (AvgIpc) is 3.28. The van der Waals surface area contributed by atoms with Crippen LogP contribution in [0.25, 0.3) is 33.9 Å². The molecule has 2 aromatic carbocycles. The van der Waals surface area contributed by atoms with Crippen LogP contribution in [0.15, 0.2) is 64.2 Å². The second-order valence-electron chi connectivity index (χ2n) is 7.42. The number of nitrogens with zero attached hydrogens (tertiary/aromatic N) is 4. The largest absolute Gasteiger partial charge is 0.329 e. The minimum atomic E-state index is -0.475. The van der Waals surface area contributed by atoms with Crippen molar-refractivity contribution in [2.24, 2.45) is 7.05 Å². The quantitative estimate of drug-likeness (QED) is 0.506. The van der Waals surface area contributed by atoms with Crippen LogP contribution >= 0.6 is 0 Å². The molecule has 0 saturated heterocycles. The van der Waals surface area contributed by atoms with E-state index >= 15 is 0 Å². The highest BCUT2D eigenvalue weighted by atomic mass is 16.2. The van der Waals surface area contributed by atoms with E-state index in [-0.39, 0.29) is 0 Å². The summed E-state index contributed by atoms with van der Waals surface area (Å²) in [5.41, 5.74) is 4.93. The maximum absolute atomic E-state index is 12.8. The normalized spacial score (nSPS) is 11.6. The van der Waals surface area contributed by atoms with Gasteiger partial charge in [0.25, 0.3) is 5.56 Å². The van der Waals surface area contributed by atoms with Gasteiger partial charge in [0.2, 0.25) is 5.78 Å². The van der Waals surface area contributed by atoms with E-state index in [1.807, 2.05) is 41.7 Å². The maximum Gasteiger partial charge on any atom is 0.329 e. The third kappa shape index (κ3) is 2.48. The van der Waals surface area contributed by atoms with Crippen LogP contribution in [0, 0.1) is 6.92 Å². The molecule has 0 aliphatic rings. The molecule has 5 aromatic rings. The maximum atomic E-state index is 12.8. The molecule has 7 heteroatoms. The summed E-state index contributed by atoms with van der Waals surface area (Å²) in [6, 6.07) is 18.3. The molecule has 7 nitrogen and oxygen atoms in total.